The molecule has 6 heteroatoms. The molecule has 0 bridgehead atoms. The summed E-state index contributed by atoms with van der Waals surface area (Å²) in [4.78, 5) is 19.8. The summed E-state index contributed by atoms with van der Waals surface area (Å²) in [6.45, 7) is 0. The molecule has 0 aromatic heterocycles. The van der Waals surface area contributed by atoms with Gasteiger partial charge in [-0.2, -0.15) is 0 Å². The fraction of sp³-hybridized carbons (Fsp3) is 0.667. The molecule has 50 valence electrons. The van der Waals surface area contributed by atoms with Gasteiger partial charge in [-0.1, -0.05) is 0 Å². The zero-order chi connectivity index (χ0) is 6.85. The molecule has 0 radical (unpaired) electrons. The van der Waals surface area contributed by atoms with E-state index in [4.69, 9.17) is 0 Å². The minimum Gasteiger partial charge on any atom is -0.294 e. The van der Waals surface area contributed by atoms with Gasteiger partial charge in [-0.05, 0) is 11.9 Å². The second-order valence-electron chi connectivity index (χ2n) is 1.58. The van der Waals surface area contributed by atoms with Crippen molar-refractivity contribution in [2.75, 3.05) is 5.75 Å². The third-order valence-corrected chi connectivity index (χ3v) is 1.80. The van der Waals surface area contributed by atoms with E-state index in [1.165, 1.54) is 0 Å². The van der Waals surface area contributed by atoms with Gasteiger partial charge in [-0.15, -0.1) is 0 Å². The van der Waals surface area contributed by atoms with Gasteiger partial charge in [-0.3, -0.25) is 19.6 Å². The first-order valence-electron chi connectivity index (χ1n) is 2.27. The minimum atomic E-state index is -1.03. The Kier molecular flexibility index (Phi) is 1.56. The lowest BCUT2D eigenvalue weighted by Gasteiger charge is -1.92. The van der Waals surface area contributed by atoms with E-state index in [1.54, 1.807) is 0 Å². The fourth-order valence-corrected chi connectivity index (χ4v) is 1.28. The Hall–Kier alpha value is -0.780. The van der Waals surface area contributed by atoms with E-state index in [2.05, 4.69) is 4.72 Å². The van der Waals surface area contributed by atoms with Gasteiger partial charge >= 0.3 is 11.9 Å². The molecule has 0 aromatic rings. The Bertz CT molecular complexity index is 159. The van der Waals surface area contributed by atoms with Gasteiger partial charge in [-0.25, -0.2) is 0 Å². The molecule has 5 nitrogen and oxygen atoms in total. The van der Waals surface area contributed by atoms with Gasteiger partial charge < -0.3 is 0 Å². The van der Waals surface area contributed by atoms with Crippen LogP contribution < -0.4 is 4.72 Å². The summed E-state index contributed by atoms with van der Waals surface area (Å²) in [5.74, 6) is -0.253. The molecule has 1 unspecified atom stereocenters. The molecule has 1 aliphatic heterocycles. The highest BCUT2D eigenvalue weighted by atomic mass is 32.2. The summed E-state index contributed by atoms with van der Waals surface area (Å²) in [5, 5.41) is 9.94. The van der Waals surface area contributed by atoms with Gasteiger partial charge in [0, 0.05) is 4.92 Å². The van der Waals surface area contributed by atoms with Crippen LogP contribution in [0.1, 0.15) is 0 Å². The number of rotatable bonds is 1. The molecule has 0 aromatic carbocycles. The summed E-state index contributed by atoms with van der Waals surface area (Å²) >= 11 is 1.08. The van der Waals surface area contributed by atoms with E-state index in [0.29, 0.717) is 0 Å². The molecule has 0 spiro atoms. The van der Waals surface area contributed by atoms with Crippen LogP contribution in [0.25, 0.3) is 0 Å². The first-order chi connectivity index (χ1) is 4.22. The van der Waals surface area contributed by atoms with Gasteiger partial charge in [0.15, 0.2) is 0 Å². The Labute approximate surface area is 55.1 Å². The highest BCUT2D eigenvalue weighted by molar-refractivity contribution is 7.98. The van der Waals surface area contributed by atoms with E-state index in [9.17, 15) is 14.9 Å². The van der Waals surface area contributed by atoms with Crippen LogP contribution in [0, 0.1) is 10.1 Å². The van der Waals surface area contributed by atoms with Crippen molar-refractivity contribution in [3.05, 3.63) is 10.1 Å². The molecule has 1 aliphatic rings. The van der Waals surface area contributed by atoms with Crippen molar-refractivity contribution in [1.29, 1.82) is 0 Å². The van der Waals surface area contributed by atoms with Crippen LogP contribution in [0.5, 0.6) is 0 Å². The summed E-state index contributed by atoms with van der Waals surface area (Å²) in [6, 6.07) is -1.03. The summed E-state index contributed by atoms with van der Waals surface area (Å²) in [7, 11) is 0. The lowest BCUT2D eigenvalue weighted by molar-refractivity contribution is -0.501. The monoisotopic (exact) mass is 148 g/mol. The second kappa shape index (κ2) is 2.22. The molecule has 1 atom stereocenters. The van der Waals surface area contributed by atoms with Gasteiger partial charge in [0.05, 0.1) is 5.75 Å². The number of carbonyl (C=O) groups is 1. The van der Waals surface area contributed by atoms with Crippen LogP contribution in [-0.2, 0) is 4.79 Å². The van der Waals surface area contributed by atoms with Crippen molar-refractivity contribution in [1.82, 2.24) is 4.72 Å². The number of hydrogen-bond donors (Lipinski definition) is 1. The standard InChI is InChI=1S/C3H4N2O3S/c6-3-2(5(7)8)1-9-4-3/h2H,1H2,(H,4,6). The van der Waals surface area contributed by atoms with Crippen molar-refractivity contribution in [3.8, 4) is 0 Å². The van der Waals surface area contributed by atoms with Crippen molar-refractivity contribution in [3.63, 3.8) is 0 Å². The topological polar surface area (TPSA) is 72.2 Å². The lowest BCUT2D eigenvalue weighted by Crippen LogP contribution is -2.30. The predicted molar refractivity (Wildman–Crippen MR) is 31.4 cm³/mol. The van der Waals surface area contributed by atoms with E-state index < -0.39 is 16.9 Å². The molecule has 1 N–H and O–H groups in total. The maximum atomic E-state index is 10.4. The number of nitrogens with one attached hydrogen (secondary N) is 1. The number of hydrogen-bond acceptors (Lipinski definition) is 4. The second-order valence-corrected chi connectivity index (χ2v) is 2.40. The summed E-state index contributed by atoms with van der Waals surface area (Å²) < 4.78 is 2.29. The molecule has 1 rings (SSSR count). The quantitative estimate of drug-likeness (QED) is 0.306. The van der Waals surface area contributed by atoms with Crippen LogP contribution in [-0.4, -0.2) is 22.6 Å². The van der Waals surface area contributed by atoms with E-state index in [0.717, 1.165) is 11.9 Å². The third-order valence-electron chi connectivity index (χ3n) is 0.971. The zero-order valence-electron chi connectivity index (χ0n) is 4.36. The maximum absolute atomic E-state index is 10.4. The Balaban J connectivity index is 2.60. The fourth-order valence-electron chi connectivity index (χ4n) is 0.492. The number of nitrogens with zero attached hydrogens (tertiary/aromatic N) is 1. The Morgan fingerprint density at radius 3 is 2.78 bits per heavy atom. The van der Waals surface area contributed by atoms with Crippen molar-refractivity contribution < 1.29 is 9.72 Å². The average molecular weight is 148 g/mol. The Morgan fingerprint density at radius 2 is 2.56 bits per heavy atom. The highest BCUT2D eigenvalue weighted by Gasteiger charge is 2.35. The van der Waals surface area contributed by atoms with Crippen LogP contribution >= 0.6 is 11.9 Å². The minimum absolute atomic E-state index is 0.242. The molecule has 9 heavy (non-hydrogen) atoms. The van der Waals surface area contributed by atoms with Crippen molar-refractivity contribution >= 4 is 17.9 Å². The lowest BCUT2D eigenvalue weighted by atomic mass is 10.3. The molecule has 1 fully saturated rings. The summed E-state index contributed by atoms with van der Waals surface area (Å²) in [6.07, 6.45) is 0. The number of amides is 1. The van der Waals surface area contributed by atoms with E-state index in [1.807, 2.05) is 0 Å². The molecule has 1 saturated heterocycles. The predicted octanol–water partition coefficient (Wildman–Crippen LogP) is -0.590. The summed E-state index contributed by atoms with van der Waals surface area (Å²) in [5.41, 5.74) is 0. The first-order valence-corrected chi connectivity index (χ1v) is 3.25. The third kappa shape index (κ3) is 1.13. The molecular weight excluding hydrogens is 144 g/mol. The normalized spacial score (nSPS) is 25.8. The van der Waals surface area contributed by atoms with E-state index in [-0.39, 0.29) is 5.75 Å². The largest absolute Gasteiger partial charge is 0.305 e. The SMILES string of the molecule is O=C1NSCC1[N+](=O)[O-]. The first kappa shape index (κ1) is 6.34. The highest BCUT2D eigenvalue weighted by Crippen LogP contribution is 2.09. The van der Waals surface area contributed by atoms with Crippen LogP contribution in [0.2, 0.25) is 0 Å². The number of carbonyl (C=O) groups excluding carboxylic acids is 1. The zero-order valence-corrected chi connectivity index (χ0v) is 5.18. The van der Waals surface area contributed by atoms with Gasteiger partial charge in [0.2, 0.25) is 0 Å². The molecule has 0 aliphatic carbocycles. The maximum Gasteiger partial charge on any atom is 0.305 e. The molecule has 1 amide bonds. The smallest absolute Gasteiger partial charge is 0.294 e. The van der Waals surface area contributed by atoms with Crippen LogP contribution in [0.15, 0.2) is 0 Å². The number of nitro groups is 1. The van der Waals surface area contributed by atoms with Gasteiger partial charge in [0.25, 0.3) is 0 Å². The van der Waals surface area contributed by atoms with Crippen LogP contribution in [0.3, 0.4) is 0 Å². The Morgan fingerprint density at radius 1 is 1.89 bits per heavy atom. The van der Waals surface area contributed by atoms with Crippen LogP contribution in [0.4, 0.5) is 0 Å². The van der Waals surface area contributed by atoms with Crippen molar-refractivity contribution in [2.45, 2.75) is 6.04 Å². The molecular formula is C3H4N2O3S. The average Bonchev–Trinajstić information content (AvgIpc) is 2.13. The van der Waals surface area contributed by atoms with Crippen molar-refractivity contribution in [2.24, 2.45) is 0 Å². The van der Waals surface area contributed by atoms with Gasteiger partial charge in [0.1, 0.15) is 0 Å². The molecule has 1 heterocycles. The van der Waals surface area contributed by atoms with E-state index >= 15 is 0 Å². The molecule has 0 saturated carbocycles.